The van der Waals surface area contributed by atoms with Gasteiger partial charge in [-0.1, -0.05) is 23.7 Å². The zero-order valence-corrected chi connectivity index (χ0v) is 11.0. The zero-order chi connectivity index (χ0) is 14.0. The summed E-state index contributed by atoms with van der Waals surface area (Å²) in [6, 6.07) is 9.87. The Morgan fingerprint density at radius 3 is 2.42 bits per heavy atom. The van der Waals surface area contributed by atoms with Crippen LogP contribution in [-0.2, 0) is 12.0 Å². The number of furan rings is 1. The van der Waals surface area contributed by atoms with E-state index in [4.69, 9.17) is 21.1 Å². The minimum absolute atomic E-state index is 0.189. The molecule has 0 spiro atoms. The second-order valence-corrected chi connectivity index (χ2v) is 4.98. The zero-order valence-electron chi connectivity index (χ0n) is 10.3. The van der Waals surface area contributed by atoms with Gasteiger partial charge in [0.25, 0.3) is 0 Å². The largest absolute Gasteiger partial charge is 0.475 e. The van der Waals surface area contributed by atoms with Crippen molar-refractivity contribution in [3.8, 4) is 0 Å². The lowest BCUT2D eigenvalue weighted by atomic mass is 9.94. The fourth-order valence-corrected chi connectivity index (χ4v) is 1.96. The van der Waals surface area contributed by atoms with E-state index in [1.807, 2.05) is 0 Å². The molecule has 0 aliphatic rings. The second-order valence-electron chi connectivity index (χ2n) is 4.55. The predicted molar refractivity (Wildman–Crippen MR) is 70.4 cm³/mol. The fourth-order valence-electron chi connectivity index (χ4n) is 1.83. The van der Waals surface area contributed by atoms with Crippen LogP contribution in [0, 0.1) is 0 Å². The molecule has 0 amide bonds. The van der Waals surface area contributed by atoms with Crippen LogP contribution in [0.15, 0.2) is 40.8 Å². The van der Waals surface area contributed by atoms with Gasteiger partial charge in [-0.2, -0.15) is 0 Å². The number of hydrogen-bond donors (Lipinski definition) is 2. The molecule has 1 atom stereocenters. The third kappa shape index (κ3) is 3.16. The number of hydrogen-bond acceptors (Lipinski definition) is 3. The molecule has 100 valence electrons. The molecule has 0 radical (unpaired) electrons. The Morgan fingerprint density at radius 2 is 1.89 bits per heavy atom. The van der Waals surface area contributed by atoms with E-state index >= 15 is 0 Å². The topological polar surface area (TPSA) is 70.7 Å². The molecule has 1 heterocycles. The number of carbonyl (C=O) groups is 1. The highest BCUT2D eigenvalue weighted by Crippen LogP contribution is 2.27. The molecule has 0 fully saturated rings. The fraction of sp³-hybridized carbons (Fsp3) is 0.214. The van der Waals surface area contributed by atoms with Crippen molar-refractivity contribution < 1.29 is 19.4 Å². The molecule has 0 saturated heterocycles. The average Bonchev–Trinajstić information content (AvgIpc) is 2.82. The van der Waals surface area contributed by atoms with Gasteiger partial charge in [-0.05, 0) is 36.8 Å². The molecule has 2 rings (SSSR count). The smallest absolute Gasteiger partial charge is 0.371 e. The lowest BCUT2D eigenvalue weighted by Crippen LogP contribution is -2.23. The summed E-state index contributed by atoms with van der Waals surface area (Å²) in [7, 11) is 0. The molecule has 5 heteroatoms. The summed E-state index contributed by atoms with van der Waals surface area (Å²) >= 11 is 5.79. The van der Waals surface area contributed by atoms with Gasteiger partial charge in [-0.3, -0.25) is 0 Å². The van der Waals surface area contributed by atoms with Crippen molar-refractivity contribution in [2.45, 2.75) is 18.9 Å². The summed E-state index contributed by atoms with van der Waals surface area (Å²) in [5.74, 6) is -1.13. The van der Waals surface area contributed by atoms with Crippen LogP contribution in [0.4, 0.5) is 0 Å². The molecular formula is C14H13ClO4. The lowest BCUT2D eigenvalue weighted by molar-refractivity contribution is 0.0317. The van der Waals surface area contributed by atoms with E-state index in [9.17, 15) is 9.90 Å². The van der Waals surface area contributed by atoms with Crippen LogP contribution in [0.1, 0.15) is 28.8 Å². The van der Waals surface area contributed by atoms with Crippen molar-refractivity contribution in [1.82, 2.24) is 0 Å². The van der Waals surface area contributed by atoms with E-state index in [0.717, 1.165) is 5.56 Å². The number of benzene rings is 1. The molecule has 0 saturated carbocycles. The van der Waals surface area contributed by atoms with Crippen molar-refractivity contribution in [2.75, 3.05) is 0 Å². The van der Waals surface area contributed by atoms with Crippen molar-refractivity contribution in [2.24, 2.45) is 0 Å². The lowest BCUT2D eigenvalue weighted by Gasteiger charge is -2.20. The Balaban J connectivity index is 2.21. The minimum atomic E-state index is -1.28. The molecule has 4 nitrogen and oxygen atoms in total. The maximum absolute atomic E-state index is 10.7. The number of carboxylic acid groups (broad SMARTS) is 1. The summed E-state index contributed by atoms with van der Waals surface area (Å²) in [6.07, 6.45) is 0.302. The first-order chi connectivity index (χ1) is 8.88. The number of carboxylic acids is 1. The van der Waals surface area contributed by atoms with Crippen LogP contribution < -0.4 is 0 Å². The van der Waals surface area contributed by atoms with Crippen LogP contribution in [0.3, 0.4) is 0 Å². The van der Waals surface area contributed by atoms with Crippen LogP contribution in [0.2, 0.25) is 5.02 Å². The van der Waals surface area contributed by atoms with E-state index < -0.39 is 11.6 Å². The summed E-state index contributed by atoms with van der Waals surface area (Å²) in [5.41, 5.74) is -0.399. The molecule has 0 aliphatic carbocycles. The molecule has 2 N–H and O–H groups in total. The van der Waals surface area contributed by atoms with Gasteiger partial charge >= 0.3 is 5.97 Å². The SMILES string of the molecule is CC(O)(Cc1ccc(Cl)cc1)c1ccc(C(=O)O)o1. The first-order valence-corrected chi connectivity index (χ1v) is 6.07. The average molecular weight is 281 g/mol. The summed E-state index contributed by atoms with van der Waals surface area (Å²) in [4.78, 5) is 10.7. The van der Waals surface area contributed by atoms with Crippen LogP contribution >= 0.6 is 11.6 Å². The standard InChI is InChI=1S/C14H13ClO4/c1-14(18,8-9-2-4-10(15)5-3-9)12-7-6-11(19-12)13(16)17/h2-7,18H,8H2,1H3,(H,16,17). The molecule has 0 aliphatic heterocycles. The van der Waals surface area contributed by atoms with Gasteiger partial charge in [0.15, 0.2) is 0 Å². The van der Waals surface area contributed by atoms with E-state index in [2.05, 4.69) is 0 Å². The molecule has 2 aromatic rings. The molecule has 0 bridgehead atoms. The maximum Gasteiger partial charge on any atom is 0.371 e. The molecule has 1 aromatic carbocycles. The summed E-state index contributed by atoms with van der Waals surface area (Å²) < 4.78 is 5.13. The Hall–Kier alpha value is -1.78. The van der Waals surface area contributed by atoms with Gasteiger partial charge in [0, 0.05) is 11.4 Å². The summed E-state index contributed by atoms with van der Waals surface area (Å²) in [6.45, 7) is 1.58. The monoisotopic (exact) mass is 280 g/mol. The van der Waals surface area contributed by atoms with Crippen molar-refractivity contribution in [3.05, 3.63) is 58.5 Å². The Kier molecular flexibility index (Phi) is 3.64. The highest BCUT2D eigenvalue weighted by Gasteiger charge is 2.28. The van der Waals surface area contributed by atoms with E-state index in [0.29, 0.717) is 11.4 Å². The van der Waals surface area contributed by atoms with Gasteiger partial charge < -0.3 is 14.6 Å². The first-order valence-electron chi connectivity index (χ1n) is 5.69. The van der Waals surface area contributed by atoms with E-state index in [1.54, 1.807) is 31.2 Å². The normalized spacial score (nSPS) is 14.1. The van der Waals surface area contributed by atoms with Gasteiger partial charge in [0.1, 0.15) is 11.4 Å². The van der Waals surface area contributed by atoms with E-state index in [-0.39, 0.29) is 11.5 Å². The number of aliphatic hydroxyl groups is 1. The van der Waals surface area contributed by atoms with Crippen LogP contribution in [0.5, 0.6) is 0 Å². The third-order valence-electron chi connectivity index (χ3n) is 2.81. The predicted octanol–water partition coefficient (Wildman–Crippen LogP) is 3.08. The van der Waals surface area contributed by atoms with Crippen molar-refractivity contribution >= 4 is 17.6 Å². The third-order valence-corrected chi connectivity index (χ3v) is 3.06. The molecule has 19 heavy (non-hydrogen) atoms. The van der Waals surface area contributed by atoms with Gasteiger partial charge in [0.05, 0.1) is 0 Å². The number of aromatic carboxylic acids is 1. The quantitative estimate of drug-likeness (QED) is 0.903. The number of halogens is 1. The second kappa shape index (κ2) is 5.07. The van der Waals surface area contributed by atoms with Crippen molar-refractivity contribution in [1.29, 1.82) is 0 Å². The maximum atomic E-state index is 10.7. The first kappa shape index (κ1) is 13.6. The molecular weight excluding hydrogens is 268 g/mol. The Morgan fingerprint density at radius 1 is 1.26 bits per heavy atom. The Bertz CT molecular complexity index is 584. The van der Waals surface area contributed by atoms with Gasteiger partial charge in [-0.25, -0.2) is 4.79 Å². The van der Waals surface area contributed by atoms with Crippen LogP contribution in [0.25, 0.3) is 0 Å². The van der Waals surface area contributed by atoms with Gasteiger partial charge in [-0.15, -0.1) is 0 Å². The molecule has 1 unspecified atom stereocenters. The highest BCUT2D eigenvalue weighted by molar-refractivity contribution is 6.30. The highest BCUT2D eigenvalue weighted by atomic mass is 35.5. The van der Waals surface area contributed by atoms with Crippen LogP contribution in [-0.4, -0.2) is 16.2 Å². The Labute approximate surface area is 115 Å². The van der Waals surface area contributed by atoms with Crippen molar-refractivity contribution in [3.63, 3.8) is 0 Å². The van der Waals surface area contributed by atoms with E-state index in [1.165, 1.54) is 12.1 Å². The summed E-state index contributed by atoms with van der Waals surface area (Å²) in [5, 5.41) is 19.8. The molecule has 1 aromatic heterocycles. The minimum Gasteiger partial charge on any atom is -0.475 e. The number of rotatable bonds is 4. The van der Waals surface area contributed by atoms with Gasteiger partial charge in [0.2, 0.25) is 5.76 Å².